The molecule has 98 valence electrons. The average molecular weight is 267 g/mol. The van der Waals surface area contributed by atoms with Crippen molar-refractivity contribution in [3.8, 4) is 0 Å². The second-order valence-corrected chi connectivity index (χ2v) is 5.15. The summed E-state index contributed by atoms with van der Waals surface area (Å²) in [7, 11) is 2.11. The van der Waals surface area contributed by atoms with Gasteiger partial charge in [-0.25, -0.2) is 0 Å². The number of piperidine rings is 1. The highest BCUT2D eigenvalue weighted by atomic mass is 35.5. The van der Waals surface area contributed by atoms with Crippen LogP contribution in [0.4, 0.5) is 0 Å². The summed E-state index contributed by atoms with van der Waals surface area (Å²) >= 11 is 5.77. The molecule has 0 atom stereocenters. The van der Waals surface area contributed by atoms with Gasteiger partial charge >= 0.3 is 0 Å². The Labute approximate surface area is 113 Å². The van der Waals surface area contributed by atoms with Gasteiger partial charge in [0.15, 0.2) is 0 Å². The normalized spacial score (nSPS) is 17.7. The Morgan fingerprint density at radius 2 is 2.17 bits per heavy atom. The highest BCUT2D eigenvalue weighted by Gasteiger charge is 2.18. The highest BCUT2D eigenvalue weighted by Crippen LogP contribution is 2.11. The molecule has 0 spiro atoms. The number of benzene rings is 1. The van der Waals surface area contributed by atoms with Crippen molar-refractivity contribution in [3.63, 3.8) is 0 Å². The van der Waals surface area contributed by atoms with Crippen LogP contribution in [-0.2, 0) is 5.88 Å². The second-order valence-electron chi connectivity index (χ2n) is 4.89. The van der Waals surface area contributed by atoms with Crippen LogP contribution in [-0.4, -0.2) is 37.0 Å². The minimum Gasteiger partial charge on any atom is -0.349 e. The molecule has 0 unspecified atom stereocenters. The van der Waals surface area contributed by atoms with Gasteiger partial charge in [-0.1, -0.05) is 12.1 Å². The largest absolute Gasteiger partial charge is 0.349 e. The SMILES string of the molecule is CN1CCC(NC(=O)c2cccc(CCl)c2)CC1. The molecular formula is C14H19ClN2O. The Morgan fingerprint density at radius 3 is 2.83 bits per heavy atom. The number of alkyl halides is 1. The number of carbonyl (C=O) groups is 1. The molecule has 0 bridgehead atoms. The van der Waals surface area contributed by atoms with Gasteiger partial charge in [-0.2, -0.15) is 0 Å². The Kier molecular flexibility index (Phi) is 4.61. The van der Waals surface area contributed by atoms with Crippen molar-refractivity contribution in [2.24, 2.45) is 0 Å². The van der Waals surface area contributed by atoms with E-state index in [2.05, 4.69) is 17.3 Å². The molecule has 0 saturated carbocycles. The second kappa shape index (κ2) is 6.21. The first-order valence-corrected chi connectivity index (χ1v) is 6.87. The van der Waals surface area contributed by atoms with E-state index in [1.807, 2.05) is 24.3 Å². The maximum absolute atomic E-state index is 12.1. The van der Waals surface area contributed by atoms with E-state index in [4.69, 9.17) is 11.6 Å². The number of nitrogens with one attached hydrogen (secondary N) is 1. The van der Waals surface area contributed by atoms with Crippen LogP contribution < -0.4 is 5.32 Å². The quantitative estimate of drug-likeness (QED) is 0.851. The number of halogens is 1. The summed E-state index contributed by atoms with van der Waals surface area (Å²) in [6, 6.07) is 7.80. The van der Waals surface area contributed by atoms with Crippen molar-refractivity contribution in [1.29, 1.82) is 0 Å². The highest BCUT2D eigenvalue weighted by molar-refractivity contribution is 6.17. The molecule has 1 aromatic rings. The van der Waals surface area contributed by atoms with Crippen molar-refractivity contribution in [2.75, 3.05) is 20.1 Å². The van der Waals surface area contributed by atoms with E-state index in [1.54, 1.807) is 0 Å². The van der Waals surface area contributed by atoms with Crippen LogP contribution in [0.1, 0.15) is 28.8 Å². The third-order valence-electron chi connectivity index (χ3n) is 3.40. The molecule has 1 aliphatic heterocycles. The van der Waals surface area contributed by atoms with Crippen molar-refractivity contribution < 1.29 is 4.79 Å². The Hall–Kier alpha value is -1.06. The van der Waals surface area contributed by atoms with Gasteiger partial charge in [0.25, 0.3) is 5.91 Å². The maximum Gasteiger partial charge on any atom is 0.251 e. The number of amides is 1. The van der Waals surface area contributed by atoms with Crippen molar-refractivity contribution in [1.82, 2.24) is 10.2 Å². The zero-order chi connectivity index (χ0) is 13.0. The lowest BCUT2D eigenvalue weighted by Gasteiger charge is -2.29. The Bertz CT molecular complexity index is 414. The molecule has 4 heteroatoms. The van der Waals surface area contributed by atoms with Crippen molar-refractivity contribution >= 4 is 17.5 Å². The third-order valence-corrected chi connectivity index (χ3v) is 3.71. The van der Waals surface area contributed by atoms with Gasteiger partial charge in [0.05, 0.1) is 0 Å². The zero-order valence-electron chi connectivity index (χ0n) is 10.7. The number of hydrogen-bond donors (Lipinski definition) is 1. The first-order valence-electron chi connectivity index (χ1n) is 6.33. The summed E-state index contributed by atoms with van der Waals surface area (Å²) in [4.78, 5) is 14.4. The van der Waals surface area contributed by atoms with Crippen LogP contribution in [0.25, 0.3) is 0 Å². The van der Waals surface area contributed by atoms with Crippen molar-refractivity contribution in [3.05, 3.63) is 35.4 Å². The molecule has 1 N–H and O–H groups in total. The van der Waals surface area contributed by atoms with Crippen LogP contribution in [0, 0.1) is 0 Å². The number of nitrogens with zero attached hydrogens (tertiary/aromatic N) is 1. The van der Waals surface area contributed by atoms with Crippen molar-refractivity contribution in [2.45, 2.75) is 24.8 Å². The molecule has 0 aromatic heterocycles. The van der Waals surface area contributed by atoms with E-state index in [-0.39, 0.29) is 5.91 Å². The number of carbonyl (C=O) groups excluding carboxylic acids is 1. The number of rotatable bonds is 3. The third kappa shape index (κ3) is 3.47. The first-order chi connectivity index (χ1) is 8.69. The maximum atomic E-state index is 12.1. The van der Waals surface area contributed by atoms with Gasteiger partial charge in [-0.05, 0) is 50.7 Å². The van der Waals surface area contributed by atoms with E-state index < -0.39 is 0 Å². The van der Waals surface area contributed by atoms with E-state index >= 15 is 0 Å². The fourth-order valence-electron chi connectivity index (χ4n) is 2.22. The summed E-state index contributed by atoms with van der Waals surface area (Å²) in [5.74, 6) is 0.450. The van der Waals surface area contributed by atoms with E-state index in [0.29, 0.717) is 17.5 Å². The summed E-state index contributed by atoms with van der Waals surface area (Å²) in [6.07, 6.45) is 2.05. The average Bonchev–Trinajstić information content (AvgIpc) is 2.41. The van der Waals surface area contributed by atoms with Gasteiger partial charge in [-0.3, -0.25) is 4.79 Å². The fraction of sp³-hybridized carbons (Fsp3) is 0.500. The standard InChI is InChI=1S/C14H19ClN2O/c1-17-7-5-13(6-8-17)16-14(18)12-4-2-3-11(9-12)10-15/h2-4,9,13H,5-8,10H2,1H3,(H,16,18). The molecule has 2 rings (SSSR count). The molecule has 1 aliphatic rings. The lowest BCUT2D eigenvalue weighted by atomic mass is 10.0. The monoisotopic (exact) mass is 266 g/mol. The zero-order valence-corrected chi connectivity index (χ0v) is 11.4. The summed E-state index contributed by atoms with van der Waals surface area (Å²) < 4.78 is 0. The molecule has 18 heavy (non-hydrogen) atoms. The predicted molar refractivity (Wildman–Crippen MR) is 74.0 cm³/mol. The van der Waals surface area contributed by atoms with Gasteiger partial charge < -0.3 is 10.2 Å². The molecule has 1 fully saturated rings. The molecule has 1 aromatic carbocycles. The number of likely N-dealkylation sites (tertiary alicyclic amines) is 1. The lowest BCUT2D eigenvalue weighted by Crippen LogP contribution is -2.43. The molecule has 1 saturated heterocycles. The molecule has 0 radical (unpaired) electrons. The number of hydrogen-bond acceptors (Lipinski definition) is 2. The predicted octanol–water partition coefficient (Wildman–Crippen LogP) is 2.25. The fourth-order valence-corrected chi connectivity index (χ4v) is 2.38. The van der Waals surface area contributed by atoms with Gasteiger partial charge in [0, 0.05) is 17.5 Å². The smallest absolute Gasteiger partial charge is 0.251 e. The van der Waals surface area contributed by atoms with E-state index in [1.165, 1.54) is 0 Å². The van der Waals surface area contributed by atoms with Gasteiger partial charge in [-0.15, -0.1) is 11.6 Å². The van der Waals surface area contributed by atoms with Crippen LogP contribution in [0.5, 0.6) is 0 Å². The summed E-state index contributed by atoms with van der Waals surface area (Å²) in [6.45, 7) is 2.10. The lowest BCUT2D eigenvalue weighted by molar-refractivity contribution is 0.0917. The van der Waals surface area contributed by atoms with Gasteiger partial charge in [0.2, 0.25) is 0 Å². The van der Waals surface area contributed by atoms with Crippen LogP contribution >= 0.6 is 11.6 Å². The topological polar surface area (TPSA) is 32.3 Å². The van der Waals surface area contributed by atoms with E-state index in [9.17, 15) is 4.79 Å². The molecular weight excluding hydrogens is 248 g/mol. The molecule has 3 nitrogen and oxygen atoms in total. The minimum absolute atomic E-state index is 0.0107. The van der Waals surface area contributed by atoms with E-state index in [0.717, 1.165) is 31.5 Å². The summed E-state index contributed by atoms with van der Waals surface area (Å²) in [5, 5.41) is 3.10. The first kappa shape index (κ1) is 13.4. The molecule has 1 heterocycles. The Balaban J connectivity index is 1.94. The van der Waals surface area contributed by atoms with Crippen LogP contribution in [0.15, 0.2) is 24.3 Å². The van der Waals surface area contributed by atoms with Crippen LogP contribution in [0.2, 0.25) is 0 Å². The molecule has 0 aliphatic carbocycles. The summed E-state index contributed by atoms with van der Waals surface area (Å²) in [5.41, 5.74) is 1.68. The van der Waals surface area contributed by atoms with Crippen LogP contribution in [0.3, 0.4) is 0 Å². The Morgan fingerprint density at radius 1 is 1.44 bits per heavy atom. The minimum atomic E-state index is 0.0107. The van der Waals surface area contributed by atoms with Gasteiger partial charge in [0.1, 0.15) is 0 Å². The molecule has 1 amide bonds.